The number of nitrogens with one attached hydrogen (secondary N) is 1. The molecule has 1 saturated heterocycles. The molecule has 0 aromatic carbocycles. The minimum absolute atomic E-state index is 0.0128. The van der Waals surface area contributed by atoms with E-state index in [1.54, 1.807) is 0 Å². The van der Waals surface area contributed by atoms with Crippen molar-refractivity contribution < 1.29 is 9.53 Å². The molecule has 1 unspecified atom stereocenters. The standard InChI is InChI=1S/C10H17NO2/c1-2-13-9(12)8-10(4-3-5-10)6-7-11-8/h8,11H,2-7H2,1H3. The summed E-state index contributed by atoms with van der Waals surface area (Å²) in [6, 6.07) is -0.0128. The molecule has 0 amide bonds. The van der Waals surface area contributed by atoms with Crippen LogP contribution in [0.1, 0.15) is 32.6 Å². The number of rotatable bonds is 2. The van der Waals surface area contributed by atoms with Gasteiger partial charge >= 0.3 is 5.97 Å². The van der Waals surface area contributed by atoms with E-state index in [0.29, 0.717) is 6.61 Å². The monoisotopic (exact) mass is 183 g/mol. The minimum atomic E-state index is -0.0419. The molecule has 3 nitrogen and oxygen atoms in total. The first-order chi connectivity index (χ1) is 6.28. The summed E-state index contributed by atoms with van der Waals surface area (Å²) in [6.45, 7) is 3.33. The van der Waals surface area contributed by atoms with Crippen LogP contribution >= 0.6 is 0 Å². The van der Waals surface area contributed by atoms with Crippen LogP contribution in [0.3, 0.4) is 0 Å². The Kier molecular flexibility index (Phi) is 2.28. The van der Waals surface area contributed by atoms with E-state index in [4.69, 9.17) is 4.74 Å². The number of hydrogen-bond acceptors (Lipinski definition) is 3. The van der Waals surface area contributed by atoms with Gasteiger partial charge in [-0.15, -0.1) is 0 Å². The SMILES string of the molecule is CCOC(=O)C1NCCC12CCC2. The summed E-state index contributed by atoms with van der Waals surface area (Å²) in [5.74, 6) is -0.0419. The molecule has 13 heavy (non-hydrogen) atoms. The molecule has 1 saturated carbocycles. The van der Waals surface area contributed by atoms with E-state index < -0.39 is 0 Å². The highest BCUT2D eigenvalue weighted by Crippen LogP contribution is 2.49. The van der Waals surface area contributed by atoms with Gasteiger partial charge in [0.25, 0.3) is 0 Å². The predicted octanol–water partition coefficient (Wildman–Crippen LogP) is 1.08. The van der Waals surface area contributed by atoms with Gasteiger partial charge in [0.1, 0.15) is 6.04 Å². The second-order valence-electron chi connectivity index (χ2n) is 4.11. The normalized spacial score (nSPS) is 30.1. The number of esters is 1. The number of hydrogen-bond donors (Lipinski definition) is 1. The van der Waals surface area contributed by atoms with Crippen LogP contribution < -0.4 is 5.32 Å². The first-order valence-corrected chi connectivity index (χ1v) is 5.18. The van der Waals surface area contributed by atoms with Gasteiger partial charge in [0, 0.05) is 0 Å². The van der Waals surface area contributed by atoms with Gasteiger partial charge in [-0.1, -0.05) is 6.42 Å². The third-order valence-electron chi connectivity index (χ3n) is 3.46. The van der Waals surface area contributed by atoms with Crippen molar-refractivity contribution in [2.75, 3.05) is 13.2 Å². The first-order valence-electron chi connectivity index (χ1n) is 5.18. The van der Waals surface area contributed by atoms with Crippen LogP contribution in [0.4, 0.5) is 0 Å². The number of carbonyl (C=O) groups is 1. The van der Waals surface area contributed by atoms with Crippen LogP contribution in [-0.2, 0) is 9.53 Å². The number of carbonyl (C=O) groups excluding carboxylic acids is 1. The van der Waals surface area contributed by atoms with Gasteiger partial charge in [-0.2, -0.15) is 0 Å². The van der Waals surface area contributed by atoms with E-state index in [1.807, 2.05) is 6.92 Å². The molecule has 2 aliphatic rings. The fourth-order valence-corrected chi connectivity index (χ4v) is 2.55. The Balaban J connectivity index is 2.01. The van der Waals surface area contributed by atoms with Crippen LogP contribution in [0.15, 0.2) is 0 Å². The van der Waals surface area contributed by atoms with Gasteiger partial charge in [0.05, 0.1) is 6.61 Å². The molecular formula is C10H17NO2. The Morgan fingerprint density at radius 1 is 1.54 bits per heavy atom. The van der Waals surface area contributed by atoms with Crippen molar-refractivity contribution in [1.29, 1.82) is 0 Å². The third kappa shape index (κ3) is 1.35. The largest absolute Gasteiger partial charge is 0.465 e. The molecule has 1 atom stereocenters. The van der Waals surface area contributed by atoms with E-state index in [-0.39, 0.29) is 17.4 Å². The van der Waals surface area contributed by atoms with Crippen molar-refractivity contribution in [2.45, 2.75) is 38.6 Å². The predicted molar refractivity (Wildman–Crippen MR) is 49.3 cm³/mol. The summed E-state index contributed by atoms with van der Waals surface area (Å²) >= 11 is 0. The van der Waals surface area contributed by atoms with Gasteiger partial charge in [-0.05, 0) is 38.1 Å². The maximum absolute atomic E-state index is 11.6. The highest BCUT2D eigenvalue weighted by Gasteiger charge is 2.50. The highest BCUT2D eigenvalue weighted by atomic mass is 16.5. The van der Waals surface area contributed by atoms with E-state index in [2.05, 4.69) is 5.32 Å². The second kappa shape index (κ2) is 3.29. The zero-order valence-electron chi connectivity index (χ0n) is 8.14. The lowest BCUT2D eigenvalue weighted by Crippen LogP contribution is -2.47. The van der Waals surface area contributed by atoms with Crippen LogP contribution in [0.2, 0.25) is 0 Å². The maximum Gasteiger partial charge on any atom is 0.323 e. The summed E-state index contributed by atoms with van der Waals surface area (Å²) in [4.78, 5) is 11.6. The average Bonchev–Trinajstić information content (AvgIpc) is 2.46. The summed E-state index contributed by atoms with van der Waals surface area (Å²) in [5.41, 5.74) is 0.270. The third-order valence-corrected chi connectivity index (χ3v) is 3.46. The van der Waals surface area contributed by atoms with Crippen LogP contribution in [0, 0.1) is 5.41 Å². The van der Waals surface area contributed by atoms with Crippen LogP contribution in [0.5, 0.6) is 0 Å². The molecule has 3 heteroatoms. The molecule has 0 aromatic heterocycles. The summed E-state index contributed by atoms with van der Waals surface area (Å²) in [5, 5.41) is 3.26. The van der Waals surface area contributed by atoms with Gasteiger partial charge in [-0.3, -0.25) is 4.79 Å². The van der Waals surface area contributed by atoms with E-state index in [1.165, 1.54) is 19.3 Å². The Bertz CT molecular complexity index is 211. The van der Waals surface area contributed by atoms with Crippen molar-refractivity contribution in [1.82, 2.24) is 5.32 Å². The van der Waals surface area contributed by atoms with Crippen molar-refractivity contribution in [3.8, 4) is 0 Å². The zero-order valence-corrected chi connectivity index (χ0v) is 8.14. The molecule has 2 fully saturated rings. The zero-order chi connectivity index (χ0) is 9.31. The Morgan fingerprint density at radius 3 is 2.85 bits per heavy atom. The smallest absolute Gasteiger partial charge is 0.323 e. The van der Waals surface area contributed by atoms with Crippen LogP contribution in [0.25, 0.3) is 0 Å². The molecule has 0 radical (unpaired) electrons. The molecule has 2 rings (SSSR count). The second-order valence-corrected chi connectivity index (χ2v) is 4.11. The quantitative estimate of drug-likeness (QED) is 0.651. The molecule has 0 aromatic rings. The topological polar surface area (TPSA) is 38.3 Å². The fraction of sp³-hybridized carbons (Fsp3) is 0.900. The molecule has 1 heterocycles. The fourth-order valence-electron chi connectivity index (χ4n) is 2.55. The molecule has 1 aliphatic heterocycles. The maximum atomic E-state index is 11.6. The molecule has 0 bridgehead atoms. The molecule has 1 aliphatic carbocycles. The van der Waals surface area contributed by atoms with E-state index >= 15 is 0 Å². The summed E-state index contributed by atoms with van der Waals surface area (Å²) in [7, 11) is 0. The Labute approximate surface area is 78.8 Å². The van der Waals surface area contributed by atoms with Crippen LogP contribution in [-0.4, -0.2) is 25.2 Å². The Morgan fingerprint density at radius 2 is 2.31 bits per heavy atom. The van der Waals surface area contributed by atoms with Gasteiger partial charge in [0.2, 0.25) is 0 Å². The molecule has 1 N–H and O–H groups in total. The molecular weight excluding hydrogens is 166 g/mol. The summed E-state index contributed by atoms with van der Waals surface area (Å²) < 4.78 is 5.06. The highest BCUT2D eigenvalue weighted by molar-refractivity contribution is 5.77. The lowest BCUT2D eigenvalue weighted by atomic mass is 9.64. The Hall–Kier alpha value is -0.570. The van der Waals surface area contributed by atoms with Crippen molar-refractivity contribution in [3.05, 3.63) is 0 Å². The van der Waals surface area contributed by atoms with Gasteiger partial charge in [0.15, 0.2) is 0 Å². The van der Waals surface area contributed by atoms with Crippen molar-refractivity contribution in [3.63, 3.8) is 0 Å². The molecule has 74 valence electrons. The average molecular weight is 183 g/mol. The van der Waals surface area contributed by atoms with E-state index in [0.717, 1.165) is 13.0 Å². The number of ether oxygens (including phenoxy) is 1. The lowest BCUT2D eigenvalue weighted by Gasteiger charge is -2.41. The van der Waals surface area contributed by atoms with Crippen molar-refractivity contribution in [2.24, 2.45) is 5.41 Å². The lowest BCUT2D eigenvalue weighted by molar-refractivity contribution is -0.149. The molecule has 1 spiro atoms. The van der Waals surface area contributed by atoms with Gasteiger partial charge in [-0.25, -0.2) is 0 Å². The first kappa shape index (κ1) is 9.00. The van der Waals surface area contributed by atoms with Crippen molar-refractivity contribution >= 4 is 5.97 Å². The van der Waals surface area contributed by atoms with Gasteiger partial charge < -0.3 is 10.1 Å². The summed E-state index contributed by atoms with van der Waals surface area (Å²) in [6.07, 6.45) is 4.82. The minimum Gasteiger partial charge on any atom is -0.465 e. The van der Waals surface area contributed by atoms with E-state index in [9.17, 15) is 4.79 Å².